The molecule has 26 heavy (non-hydrogen) atoms. The Labute approximate surface area is 152 Å². The summed E-state index contributed by atoms with van der Waals surface area (Å²) in [5, 5.41) is 4.70. The lowest BCUT2D eigenvalue weighted by atomic mass is 10.0. The zero-order valence-corrected chi connectivity index (χ0v) is 14.8. The molecule has 0 aliphatic heterocycles. The lowest BCUT2D eigenvalue weighted by Crippen LogP contribution is -2.00. The minimum Gasteiger partial charge on any atom is -0.268 e. The third kappa shape index (κ3) is 3.37. The van der Waals surface area contributed by atoms with E-state index in [9.17, 15) is 0 Å². The molecule has 5 nitrogen and oxygen atoms in total. The lowest BCUT2D eigenvalue weighted by molar-refractivity contribution is 0.687. The Balaban J connectivity index is 1.64. The first kappa shape index (κ1) is 16.1. The van der Waals surface area contributed by atoms with E-state index in [4.69, 9.17) is 5.10 Å². The third-order valence-corrected chi connectivity index (χ3v) is 4.22. The van der Waals surface area contributed by atoms with Gasteiger partial charge in [0.05, 0.1) is 29.3 Å². The first-order chi connectivity index (χ1) is 12.7. The minimum absolute atomic E-state index is 0.704. The highest BCUT2D eigenvalue weighted by Gasteiger charge is 2.09. The second-order valence-electron chi connectivity index (χ2n) is 6.29. The molecule has 0 aliphatic carbocycles. The molecule has 5 heteroatoms. The number of aromatic nitrogens is 5. The number of benzene rings is 1. The zero-order valence-electron chi connectivity index (χ0n) is 14.8. The first-order valence-corrected chi connectivity index (χ1v) is 8.52. The quantitative estimate of drug-likeness (QED) is 0.561. The molecule has 0 fully saturated rings. The van der Waals surface area contributed by atoms with Gasteiger partial charge in [-0.25, -0.2) is 4.98 Å². The van der Waals surface area contributed by atoms with Crippen molar-refractivity contribution < 1.29 is 0 Å². The van der Waals surface area contributed by atoms with Gasteiger partial charge in [-0.3, -0.25) is 14.6 Å². The Bertz CT molecular complexity index is 1040. The van der Waals surface area contributed by atoms with Crippen molar-refractivity contribution in [3.05, 3.63) is 84.2 Å². The smallest absolute Gasteiger partial charge is 0.0923 e. The molecule has 128 valence electrons. The van der Waals surface area contributed by atoms with Crippen LogP contribution in [0.3, 0.4) is 0 Å². The molecule has 0 saturated carbocycles. The highest BCUT2D eigenvalue weighted by atomic mass is 15.3. The summed E-state index contributed by atoms with van der Waals surface area (Å²) in [7, 11) is 0. The maximum absolute atomic E-state index is 4.70. The standard InChI is InChI=1S/C21H19N5/c1-15-12-23-16(2)21(24-15)19-7-3-6-18(11-19)20-8-10-26(25-20)14-17-5-4-9-22-13-17/h3-13H,14H2,1-2H3. The number of rotatable bonds is 4. The summed E-state index contributed by atoms with van der Waals surface area (Å²) in [6.07, 6.45) is 7.43. The molecule has 0 N–H and O–H groups in total. The van der Waals surface area contributed by atoms with Crippen molar-refractivity contribution >= 4 is 0 Å². The van der Waals surface area contributed by atoms with Crippen LogP contribution in [0.25, 0.3) is 22.5 Å². The predicted octanol–water partition coefficient (Wildman–Crippen LogP) is 4.07. The summed E-state index contributed by atoms with van der Waals surface area (Å²) >= 11 is 0. The molecule has 0 radical (unpaired) electrons. The van der Waals surface area contributed by atoms with Crippen LogP contribution in [0.15, 0.2) is 67.3 Å². The summed E-state index contributed by atoms with van der Waals surface area (Å²) in [5.41, 5.74) is 6.94. The van der Waals surface area contributed by atoms with Crippen LogP contribution in [0.2, 0.25) is 0 Å². The van der Waals surface area contributed by atoms with Crippen LogP contribution in [-0.2, 0) is 6.54 Å². The van der Waals surface area contributed by atoms with Crippen molar-refractivity contribution in [3.8, 4) is 22.5 Å². The van der Waals surface area contributed by atoms with E-state index in [0.29, 0.717) is 6.54 Å². The molecule has 0 bridgehead atoms. The van der Waals surface area contributed by atoms with Gasteiger partial charge in [-0.1, -0.05) is 24.3 Å². The molecule has 3 heterocycles. The first-order valence-electron chi connectivity index (χ1n) is 8.52. The number of hydrogen-bond acceptors (Lipinski definition) is 4. The van der Waals surface area contributed by atoms with E-state index in [1.165, 1.54) is 0 Å². The van der Waals surface area contributed by atoms with E-state index >= 15 is 0 Å². The summed E-state index contributed by atoms with van der Waals surface area (Å²) in [6.45, 7) is 4.65. The highest BCUT2D eigenvalue weighted by molar-refractivity contribution is 5.70. The van der Waals surface area contributed by atoms with E-state index in [0.717, 1.165) is 39.5 Å². The second-order valence-corrected chi connectivity index (χ2v) is 6.29. The van der Waals surface area contributed by atoms with Gasteiger partial charge in [0.2, 0.25) is 0 Å². The fraction of sp³-hybridized carbons (Fsp3) is 0.143. The molecule has 0 saturated heterocycles. The summed E-state index contributed by atoms with van der Waals surface area (Å²) in [5.74, 6) is 0. The van der Waals surface area contributed by atoms with Crippen molar-refractivity contribution in [2.75, 3.05) is 0 Å². The van der Waals surface area contributed by atoms with Crippen molar-refractivity contribution in [1.82, 2.24) is 24.7 Å². The normalized spacial score (nSPS) is 10.8. The van der Waals surface area contributed by atoms with Crippen LogP contribution < -0.4 is 0 Å². The van der Waals surface area contributed by atoms with Gasteiger partial charge in [0.25, 0.3) is 0 Å². The van der Waals surface area contributed by atoms with E-state index in [2.05, 4.69) is 33.2 Å². The number of hydrogen-bond donors (Lipinski definition) is 0. The molecule has 0 atom stereocenters. The van der Waals surface area contributed by atoms with Gasteiger partial charge in [-0.05, 0) is 37.6 Å². The van der Waals surface area contributed by atoms with E-state index in [1.54, 1.807) is 12.4 Å². The van der Waals surface area contributed by atoms with Gasteiger partial charge in [-0.15, -0.1) is 0 Å². The average Bonchev–Trinajstić information content (AvgIpc) is 3.13. The summed E-state index contributed by atoms with van der Waals surface area (Å²) < 4.78 is 1.93. The summed E-state index contributed by atoms with van der Waals surface area (Å²) in [4.78, 5) is 13.2. The van der Waals surface area contributed by atoms with Crippen LogP contribution in [0, 0.1) is 13.8 Å². The van der Waals surface area contributed by atoms with Crippen LogP contribution in [-0.4, -0.2) is 24.7 Å². The second kappa shape index (κ2) is 6.88. The van der Waals surface area contributed by atoms with Crippen molar-refractivity contribution in [3.63, 3.8) is 0 Å². The van der Waals surface area contributed by atoms with E-state index < -0.39 is 0 Å². The topological polar surface area (TPSA) is 56.5 Å². The van der Waals surface area contributed by atoms with Crippen LogP contribution in [0.1, 0.15) is 17.0 Å². The fourth-order valence-corrected chi connectivity index (χ4v) is 2.92. The largest absolute Gasteiger partial charge is 0.268 e. The van der Waals surface area contributed by atoms with Gasteiger partial charge in [0, 0.05) is 35.9 Å². The summed E-state index contributed by atoms with van der Waals surface area (Å²) in [6, 6.07) is 14.3. The van der Waals surface area contributed by atoms with Gasteiger partial charge < -0.3 is 0 Å². The Hall–Kier alpha value is -3.34. The van der Waals surface area contributed by atoms with Crippen molar-refractivity contribution in [2.45, 2.75) is 20.4 Å². The molecular weight excluding hydrogens is 322 g/mol. The number of aryl methyl sites for hydroxylation is 2. The Kier molecular flexibility index (Phi) is 4.27. The monoisotopic (exact) mass is 341 g/mol. The maximum Gasteiger partial charge on any atom is 0.0923 e. The Morgan fingerprint density at radius 3 is 2.69 bits per heavy atom. The van der Waals surface area contributed by atoms with Crippen molar-refractivity contribution in [1.29, 1.82) is 0 Å². The Morgan fingerprint density at radius 2 is 1.85 bits per heavy atom. The predicted molar refractivity (Wildman–Crippen MR) is 102 cm³/mol. The van der Waals surface area contributed by atoms with Gasteiger partial charge in [0.1, 0.15) is 0 Å². The van der Waals surface area contributed by atoms with Crippen molar-refractivity contribution in [2.24, 2.45) is 0 Å². The van der Waals surface area contributed by atoms with Crippen LogP contribution in [0.5, 0.6) is 0 Å². The molecular formula is C21H19N5. The Morgan fingerprint density at radius 1 is 0.962 bits per heavy atom. The average molecular weight is 341 g/mol. The zero-order chi connectivity index (χ0) is 17.9. The molecule has 0 unspecified atom stereocenters. The molecule has 1 aromatic carbocycles. The van der Waals surface area contributed by atoms with Crippen LogP contribution >= 0.6 is 0 Å². The lowest BCUT2D eigenvalue weighted by Gasteiger charge is -2.07. The third-order valence-electron chi connectivity index (χ3n) is 4.22. The molecule has 0 spiro atoms. The van der Waals surface area contributed by atoms with Gasteiger partial charge in [0.15, 0.2) is 0 Å². The highest BCUT2D eigenvalue weighted by Crippen LogP contribution is 2.26. The van der Waals surface area contributed by atoms with Gasteiger partial charge in [-0.2, -0.15) is 5.10 Å². The van der Waals surface area contributed by atoms with Crippen LogP contribution in [0.4, 0.5) is 0 Å². The SMILES string of the molecule is Cc1cnc(C)c(-c2cccc(-c3ccn(Cc4cccnc4)n3)c2)n1. The maximum atomic E-state index is 4.70. The number of nitrogens with zero attached hydrogens (tertiary/aromatic N) is 5. The van der Waals surface area contributed by atoms with E-state index in [-0.39, 0.29) is 0 Å². The van der Waals surface area contributed by atoms with E-state index in [1.807, 2.05) is 55.2 Å². The molecule has 4 aromatic rings. The fourth-order valence-electron chi connectivity index (χ4n) is 2.92. The molecule has 0 aliphatic rings. The minimum atomic E-state index is 0.704. The molecule has 3 aromatic heterocycles. The van der Waals surface area contributed by atoms with Gasteiger partial charge >= 0.3 is 0 Å². The number of pyridine rings is 1. The molecule has 4 rings (SSSR count). The molecule has 0 amide bonds.